The Morgan fingerprint density at radius 1 is 1.53 bits per heavy atom. The molecular formula is C14H22O. The van der Waals surface area contributed by atoms with Crippen LogP contribution in [0.5, 0.6) is 0 Å². The fourth-order valence-corrected chi connectivity index (χ4v) is 2.05. The van der Waals surface area contributed by atoms with Crippen molar-refractivity contribution < 1.29 is 4.79 Å². The summed E-state index contributed by atoms with van der Waals surface area (Å²) in [5, 5.41) is 0. The van der Waals surface area contributed by atoms with Gasteiger partial charge in [0.25, 0.3) is 0 Å². The van der Waals surface area contributed by atoms with Crippen LogP contribution >= 0.6 is 0 Å². The van der Waals surface area contributed by atoms with Gasteiger partial charge in [0.2, 0.25) is 0 Å². The maximum absolute atomic E-state index is 10.8. The van der Waals surface area contributed by atoms with E-state index >= 15 is 0 Å². The van der Waals surface area contributed by atoms with Crippen LogP contribution in [0.15, 0.2) is 23.3 Å². The molecule has 0 N–H and O–H groups in total. The maximum Gasteiger partial charge on any atom is 0.127 e. The molecule has 1 aliphatic carbocycles. The predicted octanol–water partition coefficient (Wildman–Crippen LogP) is 3.90. The monoisotopic (exact) mass is 206 g/mol. The summed E-state index contributed by atoms with van der Waals surface area (Å²) in [7, 11) is 0. The molecule has 0 radical (unpaired) electrons. The zero-order valence-electron chi connectivity index (χ0n) is 10.1. The molecule has 0 fully saturated rings. The molecule has 1 rings (SSSR count). The number of aldehydes is 1. The molecular weight excluding hydrogens is 184 g/mol. The average molecular weight is 206 g/mol. The zero-order chi connectivity index (χ0) is 11.3. The third kappa shape index (κ3) is 4.03. The summed E-state index contributed by atoms with van der Waals surface area (Å²) in [6.07, 6.45) is 10.2. The number of hydrogen-bond donors (Lipinski definition) is 0. The third-order valence-corrected chi connectivity index (χ3v) is 3.18. The van der Waals surface area contributed by atoms with Crippen molar-refractivity contribution in [2.24, 2.45) is 11.8 Å². The summed E-state index contributed by atoms with van der Waals surface area (Å²) in [5.41, 5.74) is 2.86. The molecule has 0 spiro atoms. The highest BCUT2D eigenvalue weighted by Gasteiger charge is 2.19. The molecule has 0 heterocycles. The second kappa shape index (κ2) is 5.89. The molecule has 0 bridgehead atoms. The topological polar surface area (TPSA) is 17.1 Å². The van der Waals surface area contributed by atoms with E-state index in [1.807, 2.05) is 0 Å². The van der Waals surface area contributed by atoms with Gasteiger partial charge in [-0.05, 0) is 45.4 Å². The molecule has 2 atom stereocenters. The highest BCUT2D eigenvalue weighted by molar-refractivity contribution is 5.58. The van der Waals surface area contributed by atoms with Gasteiger partial charge in [-0.1, -0.05) is 30.2 Å². The summed E-state index contributed by atoms with van der Waals surface area (Å²) in [6.45, 7) is 6.43. The second-order valence-corrected chi connectivity index (χ2v) is 4.87. The van der Waals surface area contributed by atoms with Crippen LogP contribution in [-0.4, -0.2) is 6.29 Å². The molecule has 1 aliphatic rings. The van der Waals surface area contributed by atoms with Gasteiger partial charge in [0, 0.05) is 5.92 Å². The van der Waals surface area contributed by atoms with Gasteiger partial charge in [0.15, 0.2) is 0 Å². The van der Waals surface area contributed by atoms with Gasteiger partial charge in [-0.2, -0.15) is 0 Å². The highest BCUT2D eigenvalue weighted by atomic mass is 16.1. The van der Waals surface area contributed by atoms with Crippen molar-refractivity contribution in [2.75, 3.05) is 0 Å². The molecule has 84 valence electrons. The van der Waals surface area contributed by atoms with Crippen LogP contribution in [0.2, 0.25) is 0 Å². The van der Waals surface area contributed by atoms with Crippen molar-refractivity contribution in [3.63, 3.8) is 0 Å². The fraction of sp³-hybridized carbons (Fsp3) is 0.643. The van der Waals surface area contributed by atoms with Gasteiger partial charge >= 0.3 is 0 Å². The van der Waals surface area contributed by atoms with Crippen LogP contribution in [-0.2, 0) is 4.79 Å². The van der Waals surface area contributed by atoms with Crippen molar-refractivity contribution in [1.82, 2.24) is 0 Å². The smallest absolute Gasteiger partial charge is 0.127 e. The van der Waals surface area contributed by atoms with Gasteiger partial charge < -0.3 is 4.79 Å². The van der Waals surface area contributed by atoms with Crippen molar-refractivity contribution in [3.05, 3.63) is 23.3 Å². The SMILES string of the molecule is CC(C)=CCCC1=CC(C=O)C(C)CC1. The molecule has 2 unspecified atom stereocenters. The summed E-state index contributed by atoms with van der Waals surface area (Å²) in [6, 6.07) is 0. The first-order valence-corrected chi connectivity index (χ1v) is 5.91. The van der Waals surface area contributed by atoms with E-state index in [9.17, 15) is 4.79 Å². The molecule has 0 saturated carbocycles. The first-order chi connectivity index (χ1) is 7.13. The van der Waals surface area contributed by atoms with E-state index in [0.29, 0.717) is 5.92 Å². The van der Waals surface area contributed by atoms with Gasteiger partial charge in [-0.25, -0.2) is 0 Å². The van der Waals surface area contributed by atoms with Gasteiger partial charge in [0.1, 0.15) is 6.29 Å². The van der Waals surface area contributed by atoms with E-state index in [1.165, 1.54) is 24.0 Å². The minimum atomic E-state index is 0.167. The second-order valence-electron chi connectivity index (χ2n) is 4.87. The Hall–Kier alpha value is -0.850. The molecule has 0 aliphatic heterocycles. The lowest BCUT2D eigenvalue weighted by molar-refractivity contribution is -0.111. The Morgan fingerprint density at radius 3 is 2.87 bits per heavy atom. The number of allylic oxidation sites excluding steroid dienone is 4. The largest absolute Gasteiger partial charge is 0.303 e. The van der Waals surface area contributed by atoms with E-state index in [0.717, 1.165) is 19.1 Å². The number of rotatable bonds is 4. The molecule has 0 aromatic rings. The minimum absolute atomic E-state index is 0.167. The van der Waals surface area contributed by atoms with Crippen molar-refractivity contribution in [1.29, 1.82) is 0 Å². The molecule has 15 heavy (non-hydrogen) atoms. The van der Waals surface area contributed by atoms with Crippen LogP contribution < -0.4 is 0 Å². The Kier molecular flexibility index (Phi) is 4.80. The predicted molar refractivity (Wildman–Crippen MR) is 64.7 cm³/mol. The first kappa shape index (κ1) is 12.2. The third-order valence-electron chi connectivity index (χ3n) is 3.18. The van der Waals surface area contributed by atoms with E-state index in [-0.39, 0.29) is 5.92 Å². The van der Waals surface area contributed by atoms with Crippen LogP contribution in [0.4, 0.5) is 0 Å². The Bertz CT molecular complexity index is 269. The van der Waals surface area contributed by atoms with E-state index in [4.69, 9.17) is 0 Å². The molecule has 0 aromatic heterocycles. The van der Waals surface area contributed by atoms with Crippen LogP contribution in [0.1, 0.15) is 46.5 Å². The normalized spacial score (nSPS) is 25.7. The number of carbonyl (C=O) groups is 1. The van der Waals surface area contributed by atoms with Crippen LogP contribution in [0, 0.1) is 11.8 Å². The quantitative estimate of drug-likeness (QED) is 0.503. The lowest BCUT2D eigenvalue weighted by Gasteiger charge is -2.23. The van der Waals surface area contributed by atoms with E-state index in [1.54, 1.807) is 0 Å². The summed E-state index contributed by atoms with van der Waals surface area (Å²) in [4.78, 5) is 10.8. The van der Waals surface area contributed by atoms with Gasteiger partial charge in [-0.15, -0.1) is 0 Å². The summed E-state index contributed by atoms with van der Waals surface area (Å²) in [5.74, 6) is 0.704. The lowest BCUT2D eigenvalue weighted by atomic mass is 9.81. The van der Waals surface area contributed by atoms with Crippen molar-refractivity contribution in [2.45, 2.75) is 46.5 Å². The highest BCUT2D eigenvalue weighted by Crippen LogP contribution is 2.29. The molecule has 0 saturated heterocycles. The fourth-order valence-electron chi connectivity index (χ4n) is 2.05. The van der Waals surface area contributed by atoms with Gasteiger partial charge in [-0.3, -0.25) is 0 Å². The van der Waals surface area contributed by atoms with Crippen LogP contribution in [0.25, 0.3) is 0 Å². The Morgan fingerprint density at radius 2 is 2.27 bits per heavy atom. The standard InChI is InChI=1S/C14H22O/c1-11(2)5-4-6-13-8-7-12(3)14(9-13)10-15/h5,9-10,12,14H,4,6-8H2,1-3H3. The molecule has 0 aromatic carbocycles. The summed E-state index contributed by atoms with van der Waals surface area (Å²) < 4.78 is 0. The first-order valence-electron chi connectivity index (χ1n) is 5.91. The van der Waals surface area contributed by atoms with Crippen molar-refractivity contribution in [3.8, 4) is 0 Å². The Balaban J connectivity index is 2.48. The van der Waals surface area contributed by atoms with E-state index in [2.05, 4.69) is 32.9 Å². The summed E-state index contributed by atoms with van der Waals surface area (Å²) >= 11 is 0. The maximum atomic E-state index is 10.8. The zero-order valence-corrected chi connectivity index (χ0v) is 10.1. The van der Waals surface area contributed by atoms with Gasteiger partial charge in [0.05, 0.1) is 0 Å². The number of hydrogen-bond acceptors (Lipinski definition) is 1. The molecule has 1 nitrogen and oxygen atoms in total. The average Bonchev–Trinajstić information content (AvgIpc) is 2.20. The Labute approximate surface area is 93.3 Å². The number of carbonyl (C=O) groups excluding carboxylic acids is 1. The molecule has 1 heteroatoms. The van der Waals surface area contributed by atoms with Crippen LogP contribution in [0.3, 0.4) is 0 Å². The minimum Gasteiger partial charge on any atom is -0.303 e. The van der Waals surface area contributed by atoms with E-state index < -0.39 is 0 Å². The lowest BCUT2D eigenvalue weighted by Crippen LogP contribution is -2.16. The molecule has 0 amide bonds. The van der Waals surface area contributed by atoms with Crippen molar-refractivity contribution >= 4 is 6.29 Å².